The molecule has 1 heterocycles. The Kier molecular flexibility index (Phi) is 13.3. The van der Waals surface area contributed by atoms with Gasteiger partial charge in [-0.25, -0.2) is 0 Å². The van der Waals surface area contributed by atoms with Crippen LogP contribution in [0.3, 0.4) is 0 Å². The Hall–Kier alpha value is -2.94. The van der Waals surface area contributed by atoms with E-state index in [9.17, 15) is 9.59 Å². The zero-order valence-electron chi connectivity index (χ0n) is 21.3. The summed E-state index contributed by atoms with van der Waals surface area (Å²) in [5.41, 5.74) is 9.78. The number of ether oxygens (including phenoxy) is 2. The molecule has 0 unspecified atom stereocenters. The lowest BCUT2D eigenvalue weighted by Crippen LogP contribution is -2.41. The molecule has 1 saturated heterocycles. The fourth-order valence-electron chi connectivity index (χ4n) is 4.08. The van der Waals surface area contributed by atoms with E-state index in [0.717, 1.165) is 29.8 Å². The molecule has 3 aromatic rings. The number of hydrogen-bond acceptors (Lipinski definition) is 6. The topological polar surface area (TPSA) is 93.9 Å². The number of Topliss-reactive ketones (excluding diaryl/α,β-unsaturated/α-hetero) is 1. The minimum atomic E-state index is -0.151. The predicted octanol–water partition coefficient (Wildman–Crippen LogP) is 4.62. The van der Waals surface area contributed by atoms with E-state index in [2.05, 4.69) is 17.4 Å². The molecule has 0 atom stereocenters. The number of hydrogen-bond donors (Lipinski definition) is 2. The van der Waals surface area contributed by atoms with Gasteiger partial charge in [-0.2, -0.15) is 0 Å². The maximum atomic E-state index is 13.1. The molecule has 204 valence electrons. The number of halogens is 2. The Balaban J connectivity index is 0.00000253. The molecule has 1 aliphatic rings. The summed E-state index contributed by atoms with van der Waals surface area (Å²) in [5, 5.41) is 2.94. The van der Waals surface area contributed by atoms with Crippen molar-refractivity contribution in [1.29, 1.82) is 0 Å². The van der Waals surface area contributed by atoms with Crippen LogP contribution < -0.4 is 15.8 Å². The van der Waals surface area contributed by atoms with Crippen LogP contribution in [0.2, 0.25) is 0 Å². The minimum Gasteiger partial charge on any atom is -0.491 e. The van der Waals surface area contributed by atoms with Gasteiger partial charge in [0.2, 0.25) is 5.91 Å². The Morgan fingerprint density at radius 2 is 1.61 bits per heavy atom. The summed E-state index contributed by atoms with van der Waals surface area (Å²) in [5.74, 6) is 0.351. The van der Waals surface area contributed by atoms with Crippen LogP contribution in [0, 0.1) is 0 Å². The van der Waals surface area contributed by atoms with Crippen molar-refractivity contribution in [2.75, 3.05) is 51.3 Å². The van der Waals surface area contributed by atoms with E-state index in [1.807, 2.05) is 47.4 Å². The zero-order chi connectivity index (χ0) is 25.2. The van der Waals surface area contributed by atoms with Crippen LogP contribution in [0.15, 0.2) is 72.8 Å². The van der Waals surface area contributed by atoms with Crippen molar-refractivity contribution >= 4 is 42.2 Å². The first-order valence-corrected chi connectivity index (χ1v) is 12.4. The van der Waals surface area contributed by atoms with E-state index >= 15 is 0 Å². The smallest absolute Gasteiger partial charge is 0.238 e. The zero-order valence-corrected chi connectivity index (χ0v) is 22.9. The molecule has 3 N–H and O–H groups in total. The summed E-state index contributed by atoms with van der Waals surface area (Å²) in [6, 6.07) is 23.3. The molecule has 0 aliphatic carbocycles. The Labute approximate surface area is 236 Å². The lowest BCUT2D eigenvalue weighted by atomic mass is 9.99. The largest absolute Gasteiger partial charge is 0.491 e. The average Bonchev–Trinajstić information content (AvgIpc) is 2.91. The van der Waals surface area contributed by atoms with Gasteiger partial charge >= 0.3 is 0 Å². The number of benzene rings is 3. The van der Waals surface area contributed by atoms with Crippen LogP contribution in [-0.4, -0.2) is 62.6 Å². The molecule has 1 amide bonds. The Bertz CT molecular complexity index is 1150. The number of nitrogens with zero attached hydrogens (tertiary/aromatic N) is 1. The van der Waals surface area contributed by atoms with Crippen molar-refractivity contribution in [2.45, 2.75) is 12.8 Å². The first kappa shape index (κ1) is 31.3. The van der Waals surface area contributed by atoms with E-state index in [-0.39, 0.29) is 49.5 Å². The third-order valence-electron chi connectivity index (χ3n) is 6.08. The molecule has 38 heavy (non-hydrogen) atoms. The van der Waals surface area contributed by atoms with E-state index in [1.165, 1.54) is 0 Å². The van der Waals surface area contributed by atoms with Gasteiger partial charge in [0.15, 0.2) is 5.78 Å². The van der Waals surface area contributed by atoms with Gasteiger partial charge in [-0.05, 0) is 47.9 Å². The highest BCUT2D eigenvalue weighted by Gasteiger charge is 2.17. The Morgan fingerprint density at radius 3 is 2.29 bits per heavy atom. The number of nitrogens with two attached hydrogens (primary N) is 1. The van der Waals surface area contributed by atoms with E-state index < -0.39 is 0 Å². The number of ketones is 1. The average molecular weight is 561 g/mol. The van der Waals surface area contributed by atoms with Crippen LogP contribution in [0.5, 0.6) is 5.75 Å². The van der Waals surface area contributed by atoms with Gasteiger partial charge in [0.1, 0.15) is 5.75 Å². The van der Waals surface area contributed by atoms with Crippen molar-refractivity contribution in [1.82, 2.24) is 4.90 Å². The van der Waals surface area contributed by atoms with Crippen molar-refractivity contribution in [3.05, 3.63) is 83.9 Å². The molecular formula is C29H35Cl2N3O4. The number of morpholine rings is 1. The quantitative estimate of drug-likeness (QED) is 0.263. The van der Waals surface area contributed by atoms with Crippen LogP contribution in [-0.2, 0) is 16.0 Å². The van der Waals surface area contributed by atoms with E-state index in [4.69, 9.17) is 15.2 Å². The summed E-state index contributed by atoms with van der Waals surface area (Å²) in [6.45, 7) is 3.89. The minimum absolute atomic E-state index is 0. The number of anilines is 1. The fraction of sp³-hybridized carbons (Fsp3) is 0.310. The monoisotopic (exact) mass is 559 g/mol. The SMILES string of the molecule is Cl.Cl.NCCCOc1ccc(C(=O)Cc2ccc(-c3ccccc3)cc2)cc1NC(=O)CN1CCOCC1. The number of rotatable bonds is 11. The summed E-state index contributed by atoms with van der Waals surface area (Å²) in [7, 11) is 0. The van der Waals surface area contributed by atoms with Crippen molar-refractivity contribution in [2.24, 2.45) is 5.73 Å². The first-order chi connectivity index (χ1) is 17.6. The Morgan fingerprint density at radius 1 is 0.921 bits per heavy atom. The molecule has 3 aromatic carbocycles. The lowest BCUT2D eigenvalue weighted by molar-refractivity contribution is -0.118. The highest BCUT2D eigenvalue weighted by atomic mass is 35.5. The van der Waals surface area contributed by atoms with Gasteiger partial charge < -0.3 is 20.5 Å². The molecule has 7 nitrogen and oxygen atoms in total. The number of carbonyl (C=O) groups excluding carboxylic acids is 2. The summed E-state index contributed by atoms with van der Waals surface area (Å²) >= 11 is 0. The maximum absolute atomic E-state index is 13.1. The normalized spacial score (nSPS) is 13.1. The lowest BCUT2D eigenvalue weighted by Gasteiger charge is -2.26. The molecule has 0 radical (unpaired) electrons. The predicted molar refractivity (Wildman–Crippen MR) is 156 cm³/mol. The molecule has 0 bridgehead atoms. The van der Waals surface area contributed by atoms with Gasteiger partial charge in [-0.3, -0.25) is 14.5 Å². The van der Waals surface area contributed by atoms with Crippen LogP contribution in [0.4, 0.5) is 5.69 Å². The molecule has 0 aromatic heterocycles. The molecule has 1 aliphatic heterocycles. The number of nitrogens with one attached hydrogen (secondary N) is 1. The van der Waals surface area contributed by atoms with Gasteiger partial charge in [0, 0.05) is 25.1 Å². The molecule has 9 heteroatoms. The van der Waals surface area contributed by atoms with E-state index in [1.54, 1.807) is 18.2 Å². The van der Waals surface area contributed by atoms with Gasteiger partial charge in [-0.15, -0.1) is 24.8 Å². The highest BCUT2D eigenvalue weighted by Crippen LogP contribution is 2.27. The van der Waals surface area contributed by atoms with Crippen molar-refractivity contribution in [3.8, 4) is 16.9 Å². The summed E-state index contributed by atoms with van der Waals surface area (Å²) < 4.78 is 11.2. The molecule has 0 saturated carbocycles. The van der Waals surface area contributed by atoms with Crippen molar-refractivity contribution in [3.63, 3.8) is 0 Å². The third-order valence-corrected chi connectivity index (χ3v) is 6.08. The highest BCUT2D eigenvalue weighted by molar-refractivity contribution is 6.00. The summed E-state index contributed by atoms with van der Waals surface area (Å²) in [6.07, 6.45) is 0.963. The molecule has 0 spiro atoms. The van der Waals surface area contributed by atoms with Gasteiger partial charge in [0.05, 0.1) is 32.1 Å². The standard InChI is InChI=1S/C29H33N3O4.2ClH/c30-13-4-16-36-28-12-11-25(20-26(28)31-29(34)21-32-14-17-35-18-15-32)27(33)19-22-7-9-24(10-8-22)23-5-2-1-3-6-23;;/h1-3,5-12,20H,4,13-19,21,30H2,(H,31,34);2*1H. The van der Waals surface area contributed by atoms with Crippen LogP contribution in [0.1, 0.15) is 22.3 Å². The van der Waals surface area contributed by atoms with E-state index in [0.29, 0.717) is 49.8 Å². The molecule has 4 rings (SSSR count). The second kappa shape index (κ2) is 16.1. The third kappa shape index (κ3) is 9.11. The second-order valence-corrected chi connectivity index (χ2v) is 8.80. The van der Waals surface area contributed by atoms with Crippen molar-refractivity contribution < 1.29 is 19.1 Å². The van der Waals surface area contributed by atoms with Crippen LogP contribution in [0.25, 0.3) is 11.1 Å². The van der Waals surface area contributed by atoms with Gasteiger partial charge in [0.25, 0.3) is 0 Å². The van der Waals surface area contributed by atoms with Gasteiger partial charge in [-0.1, -0.05) is 54.6 Å². The maximum Gasteiger partial charge on any atom is 0.238 e. The molecular weight excluding hydrogens is 525 g/mol. The number of carbonyl (C=O) groups is 2. The first-order valence-electron chi connectivity index (χ1n) is 12.4. The molecule has 1 fully saturated rings. The van der Waals surface area contributed by atoms with Crippen LogP contribution >= 0.6 is 24.8 Å². The second-order valence-electron chi connectivity index (χ2n) is 8.80. The summed E-state index contributed by atoms with van der Waals surface area (Å²) in [4.78, 5) is 27.9. The number of amides is 1. The fourth-order valence-corrected chi connectivity index (χ4v) is 4.08.